The van der Waals surface area contributed by atoms with E-state index in [0.29, 0.717) is 0 Å². The third kappa shape index (κ3) is 3.05. The van der Waals surface area contributed by atoms with E-state index in [9.17, 15) is 14.2 Å². The largest absolute Gasteiger partial charge is 0.412 e. The summed E-state index contributed by atoms with van der Waals surface area (Å²) in [6.45, 7) is 0. The minimum atomic E-state index is -5.43. The van der Waals surface area contributed by atoms with Gasteiger partial charge in [-0.15, -0.1) is 0 Å². The average Bonchev–Trinajstić information content (AvgIpc) is 2.47. The fourth-order valence-electron chi connectivity index (χ4n) is 1.15. The lowest BCUT2D eigenvalue weighted by molar-refractivity contribution is 0.128. The number of hydrogen-bond acceptors (Lipinski definition) is 4. The van der Waals surface area contributed by atoms with E-state index in [2.05, 4.69) is 4.98 Å². The lowest BCUT2D eigenvalue weighted by atomic mass is 10.4. The molecule has 1 aromatic heterocycles. The second kappa shape index (κ2) is 5.20. The van der Waals surface area contributed by atoms with Gasteiger partial charge in [0.2, 0.25) is 0 Å². The second-order valence-corrected chi connectivity index (χ2v) is 7.50. The standard InChI is InChI=1S/C6H12N2O7P2.H2O/c1-8-3-2-7-5(8)4-6(9,16(10,11)12)17(13,14)15;/h2-3,9H,4H2,1H3,(H2,10,11,12)(H2,13,14,15);1H2. The predicted octanol–water partition coefficient (Wildman–Crippen LogP) is -1.86. The van der Waals surface area contributed by atoms with Gasteiger partial charge < -0.3 is 34.7 Å². The van der Waals surface area contributed by atoms with Gasteiger partial charge in [0.25, 0.3) is 5.08 Å². The Kier molecular flexibility index (Phi) is 5.03. The molecule has 0 aliphatic carbocycles. The number of hydrogen-bond donors (Lipinski definition) is 5. The number of aryl methyl sites for hydroxylation is 1. The average molecular weight is 304 g/mol. The van der Waals surface area contributed by atoms with Crippen LogP contribution in [0.25, 0.3) is 0 Å². The molecule has 18 heavy (non-hydrogen) atoms. The molecule has 7 N–H and O–H groups in total. The molecular formula is C6H14N2O8P2. The van der Waals surface area contributed by atoms with Gasteiger partial charge in [-0.05, 0) is 0 Å². The van der Waals surface area contributed by atoms with Crippen LogP contribution in [0.2, 0.25) is 0 Å². The maximum atomic E-state index is 11.1. The molecule has 0 bridgehead atoms. The van der Waals surface area contributed by atoms with Crippen molar-refractivity contribution in [1.82, 2.24) is 9.55 Å². The molecule has 0 fully saturated rings. The van der Waals surface area contributed by atoms with Gasteiger partial charge in [0.05, 0.1) is 6.42 Å². The van der Waals surface area contributed by atoms with E-state index < -0.39 is 26.7 Å². The summed E-state index contributed by atoms with van der Waals surface area (Å²) in [5.74, 6) is -0.0563. The van der Waals surface area contributed by atoms with Gasteiger partial charge in [-0.3, -0.25) is 9.13 Å². The van der Waals surface area contributed by atoms with Crippen molar-refractivity contribution in [3.8, 4) is 0 Å². The zero-order chi connectivity index (χ0) is 13.5. The van der Waals surface area contributed by atoms with Crippen molar-refractivity contribution in [3.05, 3.63) is 18.2 Å². The summed E-state index contributed by atoms with van der Waals surface area (Å²) in [6, 6.07) is 0. The van der Waals surface area contributed by atoms with Crippen LogP contribution in [0, 0.1) is 0 Å². The minimum Gasteiger partial charge on any atom is -0.412 e. The SMILES string of the molecule is Cn1ccnc1CC(O)(P(=O)(O)O)P(=O)(O)O.O. The predicted molar refractivity (Wildman–Crippen MR) is 59.6 cm³/mol. The van der Waals surface area contributed by atoms with E-state index >= 15 is 0 Å². The molecule has 10 nitrogen and oxygen atoms in total. The van der Waals surface area contributed by atoms with Crippen LogP contribution in [0.15, 0.2) is 12.4 Å². The van der Waals surface area contributed by atoms with E-state index in [4.69, 9.17) is 19.6 Å². The molecule has 0 saturated heterocycles. The molecular weight excluding hydrogens is 290 g/mol. The maximum Gasteiger partial charge on any atom is 0.369 e. The van der Waals surface area contributed by atoms with Gasteiger partial charge in [-0.2, -0.15) is 0 Å². The molecule has 1 heterocycles. The van der Waals surface area contributed by atoms with Crippen molar-refractivity contribution in [1.29, 1.82) is 0 Å². The molecule has 1 aromatic rings. The minimum absolute atomic E-state index is 0. The molecule has 0 spiro atoms. The van der Waals surface area contributed by atoms with Crippen LogP contribution in [0.1, 0.15) is 5.82 Å². The van der Waals surface area contributed by atoms with Gasteiger partial charge >= 0.3 is 15.2 Å². The van der Waals surface area contributed by atoms with Gasteiger partial charge in [-0.25, -0.2) is 4.98 Å². The summed E-state index contributed by atoms with van der Waals surface area (Å²) < 4.78 is 23.4. The Bertz CT molecular complexity index is 479. The van der Waals surface area contributed by atoms with Crippen LogP contribution in [0.5, 0.6) is 0 Å². The van der Waals surface area contributed by atoms with Crippen LogP contribution in [-0.2, 0) is 22.6 Å². The smallest absolute Gasteiger partial charge is 0.369 e. The van der Waals surface area contributed by atoms with Crippen molar-refractivity contribution in [3.63, 3.8) is 0 Å². The quantitative estimate of drug-likeness (QED) is 0.401. The number of aromatic nitrogens is 2. The highest BCUT2D eigenvalue weighted by Crippen LogP contribution is 2.68. The van der Waals surface area contributed by atoms with E-state index in [1.54, 1.807) is 0 Å². The summed E-state index contributed by atoms with van der Waals surface area (Å²) in [4.78, 5) is 39.2. The van der Waals surface area contributed by atoms with Crippen LogP contribution in [0.4, 0.5) is 0 Å². The highest BCUT2D eigenvalue weighted by molar-refractivity contribution is 7.72. The summed E-state index contributed by atoms with van der Waals surface area (Å²) in [7, 11) is -9.40. The second-order valence-electron chi connectivity index (χ2n) is 3.49. The summed E-state index contributed by atoms with van der Waals surface area (Å²) in [5, 5.41) is 6.14. The highest BCUT2D eigenvalue weighted by atomic mass is 31.2. The van der Waals surface area contributed by atoms with Crippen LogP contribution < -0.4 is 0 Å². The van der Waals surface area contributed by atoms with Crippen molar-refractivity contribution in [2.45, 2.75) is 11.5 Å². The fraction of sp³-hybridized carbons (Fsp3) is 0.500. The molecule has 1 rings (SSSR count). The molecule has 106 valence electrons. The zero-order valence-electron chi connectivity index (χ0n) is 9.20. The Morgan fingerprint density at radius 3 is 2.00 bits per heavy atom. The third-order valence-electron chi connectivity index (χ3n) is 2.25. The van der Waals surface area contributed by atoms with E-state index in [-0.39, 0.29) is 11.3 Å². The molecule has 0 unspecified atom stereocenters. The third-order valence-corrected chi connectivity index (χ3v) is 5.99. The van der Waals surface area contributed by atoms with Crippen LogP contribution in [-0.4, -0.2) is 44.8 Å². The van der Waals surface area contributed by atoms with Crippen molar-refractivity contribution < 1.29 is 39.3 Å². The molecule has 0 radical (unpaired) electrons. The lowest BCUT2D eigenvalue weighted by Crippen LogP contribution is -2.32. The van der Waals surface area contributed by atoms with Crippen molar-refractivity contribution in [2.75, 3.05) is 0 Å². The van der Waals surface area contributed by atoms with Crippen molar-refractivity contribution in [2.24, 2.45) is 7.05 Å². The number of imidazole rings is 1. The van der Waals surface area contributed by atoms with Gasteiger partial charge in [0.15, 0.2) is 0 Å². The highest BCUT2D eigenvalue weighted by Gasteiger charge is 2.59. The topological polar surface area (TPSA) is 185 Å². The van der Waals surface area contributed by atoms with Gasteiger partial charge in [-0.1, -0.05) is 0 Å². The fourth-order valence-corrected chi connectivity index (χ4v) is 3.21. The summed E-state index contributed by atoms with van der Waals surface area (Å²) in [5.41, 5.74) is 0. The van der Waals surface area contributed by atoms with E-state index in [1.165, 1.54) is 24.0 Å². The molecule has 12 heteroatoms. The molecule has 0 aliphatic rings. The Morgan fingerprint density at radius 2 is 1.72 bits per heavy atom. The first-order valence-electron chi connectivity index (χ1n) is 4.29. The number of aliphatic hydroxyl groups is 1. The lowest BCUT2D eigenvalue weighted by Gasteiger charge is -2.28. The van der Waals surface area contributed by atoms with Crippen LogP contribution in [0.3, 0.4) is 0 Å². The maximum absolute atomic E-state index is 11.1. The van der Waals surface area contributed by atoms with E-state index in [0.717, 1.165) is 0 Å². The number of nitrogens with zero attached hydrogens (tertiary/aromatic N) is 2. The monoisotopic (exact) mass is 304 g/mol. The molecule has 0 amide bonds. The Morgan fingerprint density at radius 1 is 1.28 bits per heavy atom. The molecule has 0 aromatic carbocycles. The van der Waals surface area contributed by atoms with Gasteiger partial charge in [0.1, 0.15) is 5.82 Å². The molecule has 0 aliphatic heterocycles. The Hall–Kier alpha value is -0.570. The Labute approximate surface area is 102 Å². The summed E-state index contributed by atoms with van der Waals surface area (Å²) in [6.07, 6.45) is 1.73. The van der Waals surface area contributed by atoms with Crippen LogP contribution >= 0.6 is 15.2 Å². The normalized spacial score (nSPS) is 13.2. The number of rotatable bonds is 4. The van der Waals surface area contributed by atoms with E-state index in [1.807, 2.05) is 0 Å². The Balaban J connectivity index is 0.00000289. The molecule has 0 atom stereocenters. The zero-order valence-corrected chi connectivity index (χ0v) is 11.0. The molecule has 0 saturated carbocycles. The first-order chi connectivity index (χ1) is 7.49. The first kappa shape index (κ1) is 17.4. The summed E-state index contributed by atoms with van der Waals surface area (Å²) >= 11 is 0. The van der Waals surface area contributed by atoms with Crippen molar-refractivity contribution >= 4 is 15.2 Å². The first-order valence-corrected chi connectivity index (χ1v) is 7.51. The van der Waals surface area contributed by atoms with Gasteiger partial charge in [0, 0.05) is 19.4 Å².